The van der Waals surface area contributed by atoms with E-state index in [0.29, 0.717) is 0 Å². The Morgan fingerprint density at radius 1 is 1.56 bits per heavy atom. The lowest BCUT2D eigenvalue weighted by atomic mass is 10.1. The Kier molecular flexibility index (Phi) is 3.24. The SMILES string of the molecule is COc1c(C(N)=O)ncn1[C@@H]1O[C@H](C)[C@@H](O)[C@H]1O. The summed E-state index contributed by atoms with van der Waals surface area (Å²) in [6.07, 6.45) is -2.28. The highest BCUT2D eigenvalue weighted by atomic mass is 16.6. The van der Waals surface area contributed by atoms with Gasteiger partial charge < -0.3 is 25.4 Å². The van der Waals surface area contributed by atoms with Crippen molar-refractivity contribution < 1.29 is 24.5 Å². The Balaban J connectivity index is 2.37. The fourth-order valence-electron chi connectivity index (χ4n) is 1.96. The van der Waals surface area contributed by atoms with Crippen molar-refractivity contribution in [3.8, 4) is 5.88 Å². The van der Waals surface area contributed by atoms with Gasteiger partial charge in [0.1, 0.15) is 18.5 Å². The largest absolute Gasteiger partial charge is 0.480 e. The average molecular weight is 257 g/mol. The van der Waals surface area contributed by atoms with Crippen molar-refractivity contribution in [3.05, 3.63) is 12.0 Å². The van der Waals surface area contributed by atoms with Crippen LogP contribution >= 0.6 is 0 Å². The zero-order valence-corrected chi connectivity index (χ0v) is 9.98. The van der Waals surface area contributed by atoms with Gasteiger partial charge in [-0.2, -0.15) is 0 Å². The quantitative estimate of drug-likeness (QED) is 0.614. The first-order chi connectivity index (χ1) is 8.47. The molecule has 0 unspecified atom stereocenters. The van der Waals surface area contributed by atoms with Crippen molar-refractivity contribution in [2.24, 2.45) is 5.73 Å². The molecule has 18 heavy (non-hydrogen) atoms. The second-order valence-electron chi connectivity index (χ2n) is 4.09. The van der Waals surface area contributed by atoms with E-state index in [1.165, 1.54) is 18.0 Å². The second-order valence-corrected chi connectivity index (χ2v) is 4.09. The van der Waals surface area contributed by atoms with E-state index < -0.39 is 30.4 Å². The van der Waals surface area contributed by atoms with Gasteiger partial charge in [-0.3, -0.25) is 9.36 Å². The zero-order valence-electron chi connectivity index (χ0n) is 9.98. The maximum absolute atomic E-state index is 11.1. The average Bonchev–Trinajstić information content (AvgIpc) is 2.86. The Hall–Kier alpha value is -1.64. The van der Waals surface area contributed by atoms with E-state index in [9.17, 15) is 15.0 Å². The van der Waals surface area contributed by atoms with Gasteiger partial charge in [0.2, 0.25) is 5.88 Å². The first kappa shape index (κ1) is 12.8. The minimum Gasteiger partial charge on any atom is -0.480 e. The predicted molar refractivity (Wildman–Crippen MR) is 58.9 cm³/mol. The molecule has 4 N–H and O–H groups in total. The van der Waals surface area contributed by atoms with E-state index in [1.54, 1.807) is 6.92 Å². The first-order valence-corrected chi connectivity index (χ1v) is 5.39. The molecule has 8 nitrogen and oxygen atoms in total. The number of imidazole rings is 1. The molecule has 1 amide bonds. The van der Waals surface area contributed by atoms with Gasteiger partial charge in [0.05, 0.1) is 13.2 Å². The van der Waals surface area contributed by atoms with Crippen LogP contribution in [0, 0.1) is 0 Å². The van der Waals surface area contributed by atoms with Crippen LogP contribution in [-0.2, 0) is 4.74 Å². The van der Waals surface area contributed by atoms with Crippen molar-refractivity contribution >= 4 is 5.91 Å². The number of aromatic nitrogens is 2. The van der Waals surface area contributed by atoms with Crippen LogP contribution in [0.25, 0.3) is 0 Å². The van der Waals surface area contributed by atoms with Crippen molar-refractivity contribution in [1.29, 1.82) is 0 Å². The summed E-state index contributed by atoms with van der Waals surface area (Å²) in [5.41, 5.74) is 5.09. The third-order valence-electron chi connectivity index (χ3n) is 2.93. The Morgan fingerprint density at radius 3 is 2.67 bits per heavy atom. The fourth-order valence-corrected chi connectivity index (χ4v) is 1.96. The lowest BCUT2D eigenvalue weighted by molar-refractivity contribution is -0.0356. The molecule has 0 bridgehead atoms. The van der Waals surface area contributed by atoms with Crippen LogP contribution in [0.1, 0.15) is 23.6 Å². The Labute approximate surface area is 103 Å². The smallest absolute Gasteiger partial charge is 0.272 e. The molecule has 1 aromatic heterocycles. The first-order valence-electron chi connectivity index (χ1n) is 5.39. The highest BCUT2D eigenvalue weighted by Gasteiger charge is 2.42. The fraction of sp³-hybridized carbons (Fsp3) is 0.600. The van der Waals surface area contributed by atoms with Crippen molar-refractivity contribution in [2.45, 2.75) is 31.5 Å². The molecule has 0 aliphatic carbocycles. The van der Waals surface area contributed by atoms with Crippen LogP contribution < -0.4 is 10.5 Å². The zero-order chi connectivity index (χ0) is 13.4. The number of rotatable bonds is 3. The van der Waals surface area contributed by atoms with Crippen LogP contribution in [0.4, 0.5) is 0 Å². The number of primary amides is 1. The van der Waals surface area contributed by atoms with E-state index in [4.69, 9.17) is 15.2 Å². The molecule has 1 saturated heterocycles. The van der Waals surface area contributed by atoms with Crippen LogP contribution in [0.2, 0.25) is 0 Å². The summed E-state index contributed by atoms with van der Waals surface area (Å²) in [6, 6.07) is 0. The van der Waals surface area contributed by atoms with Gasteiger partial charge >= 0.3 is 0 Å². The number of amides is 1. The summed E-state index contributed by atoms with van der Waals surface area (Å²) in [5, 5.41) is 19.5. The van der Waals surface area contributed by atoms with Gasteiger partial charge in [-0.05, 0) is 6.92 Å². The number of nitrogens with two attached hydrogens (primary N) is 1. The molecule has 8 heteroatoms. The van der Waals surface area contributed by atoms with Gasteiger partial charge in [-0.15, -0.1) is 0 Å². The number of aliphatic hydroxyl groups is 2. The third kappa shape index (κ3) is 1.84. The number of methoxy groups -OCH3 is 1. The minimum atomic E-state index is -1.14. The van der Waals surface area contributed by atoms with Gasteiger partial charge in [-0.1, -0.05) is 0 Å². The Bertz CT molecular complexity index is 460. The number of nitrogens with zero attached hydrogens (tertiary/aromatic N) is 2. The van der Waals surface area contributed by atoms with Crippen LogP contribution in [0.15, 0.2) is 6.33 Å². The summed E-state index contributed by atoms with van der Waals surface area (Å²) in [4.78, 5) is 14.9. The van der Waals surface area contributed by atoms with Crippen molar-refractivity contribution in [2.75, 3.05) is 7.11 Å². The van der Waals surface area contributed by atoms with Gasteiger partial charge in [0.15, 0.2) is 11.9 Å². The van der Waals surface area contributed by atoms with Gasteiger partial charge in [0.25, 0.3) is 5.91 Å². The number of hydrogen-bond donors (Lipinski definition) is 3. The Morgan fingerprint density at radius 2 is 2.22 bits per heavy atom. The molecule has 1 aliphatic rings. The monoisotopic (exact) mass is 257 g/mol. The lowest BCUT2D eigenvalue weighted by Gasteiger charge is -2.18. The molecule has 2 rings (SSSR count). The van der Waals surface area contributed by atoms with E-state index in [-0.39, 0.29) is 11.6 Å². The summed E-state index contributed by atoms with van der Waals surface area (Å²) in [5.74, 6) is -0.653. The standard InChI is InChI=1S/C10H15N3O5/c1-4-6(14)7(15)10(18-4)13-3-12-5(8(11)16)9(13)17-2/h3-4,6-7,10,14-15H,1-2H3,(H2,11,16)/t4-,6-,7-,10-/m1/s1. The normalized spacial score (nSPS) is 31.6. The summed E-state index contributed by atoms with van der Waals surface area (Å²) >= 11 is 0. The highest BCUT2D eigenvalue weighted by molar-refractivity contribution is 5.93. The van der Waals surface area contributed by atoms with Gasteiger partial charge in [-0.25, -0.2) is 4.98 Å². The number of carbonyl (C=O) groups is 1. The maximum Gasteiger partial charge on any atom is 0.272 e. The molecule has 100 valence electrons. The number of aliphatic hydroxyl groups excluding tert-OH is 2. The van der Waals surface area contributed by atoms with Crippen LogP contribution in [-0.4, -0.2) is 51.1 Å². The van der Waals surface area contributed by atoms with E-state index >= 15 is 0 Å². The number of carbonyl (C=O) groups excluding carboxylic acids is 1. The molecular weight excluding hydrogens is 242 g/mol. The van der Waals surface area contributed by atoms with Crippen molar-refractivity contribution in [3.63, 3.8) is 0 Å². The predicted octanol–water partition coefficient (Wildman–Crippen LogP) is -1.37. The summed E-state index contributed by atoms with van der Waals surface area (Å²) in [6.45, 7) is 1.63. The van der Waals surface area contributed by atoms with Gasteiger partial charge in [0, 0.05) is 0 Å². The molecule has 1 fully saturated rings. The molecule has 2 heterocycles. The molecule has 0 saturated carbocycles. The topological polar surface area (TPSA) is 120 Å². The summed E-state index contributed by atoms with van der Waals surface area (Å²) < 4.78 is 11.8. The maximum atomic E-state index is 11.1. The van der Waals surface area contributed by atoms with E-state index in [1.807, 2.05) is 0 Å². The molecule has 0 radical (unpaired) electrons. The molecule has 4 atom stereocenters. The second kappa shape index (κ2) is 4.56. The van der Waals surface area contributed by atoms with Crippen molar-refractivity contribution in [1.82, 2.24) is 9.55 Å². The molecule has 0 spiro atoms. The molecular formula is C10H15N3O5. The van der Waals surface area contributed by atoms with E-state index in [2.05, 4.69) is 4.98 Å². The van der Waals surface area contributed by atoms with E-state index in [0.717, 1.165) is 0 Å². The minimum absolute atomic E-state index is 0.0534. The molecule has 0 aromatic carbocycles. The van der Waals surface area contributed by atoms with Crippen LogP contribution in [0.3, 0.4) is 0 Å². The summed E-state index contributed by atoms with van der Waals surface area (Å²) in [7, 11) is 1.35. The molecule has 1 aromatic rings. The number of hydrogen-bond acceptors (Lipinski definition) is 6. The van der Waals surface area contributed by atoms with Crippen LogP contribution in [0.5, 0.6) is 5.88 Å². The number of ether oxygens (including phenoxy) is 2. The lowest BCUT2D eigenvalue weighted by Crippen LogP contribution is -2.30. The third-order valence-corrected chi connectivity index (χ3v) is 2.93. The highest BCUT2D eigenvalue weighted by Crippen LogP contribution is 2.33. The molecule has 1 aliphatic heterocycles.